The van der Waals surface area contributed by atoms with E-state index in [1.54, 1.807) is 60.7 Å². The molecule has 1 aromatic heterocycles. The number of amides is 1. The summed E-state index contributed by atoms with van der Waals surface area (Å²) in [6.45, 7) is 5.15. The van der Waals surface area contributed by atoms with Crippen LogP contribution in [0.2, 0.25) is 0 Å². The van der Waals surface area contributed by atoms with Crippen LogP contribution in [-0.2, 0) is 22.0 Å². The van der Waals surface area contributed by atoms with Gasteiger partial charge in [0.25, 0.3) is 21.8 Å². The van der Waals surface area contributed by atoms with Gasteiger partial charge in [-0.1, -0.05) is 51.1 Å². The molecule has 0 spiro atoms. The first-order chi connectivity index (χ1) is 20.9. The standard InChI is InChI=1S/C31H34N4O8S/c1-31(2,3)21-11-13-25(14-12-21)44(39,40)35-27-26(43-24-10-6-9-23(18-24)41-4)30(42-16-15-36)34-28(33-27)29(38)32-22-8-5-7-20(17-22)19-37/h5-14,17-18,36-37H,15-16,19H2,1-4H3,(H,32,38)(H,33,34,35). The predicted octanol–water partition coefficient (Wildman–Crippen LogP) is 4.49. The van der Waals surface area contributed by atoms with Gasteiger partial charge in [-0.05, 0) is 52.9 Å². The summed E-state index contributed by atoms with van der Waals surface area (Å²) in [7, 11) is -2.78. The monoisotopic (exact) mass is 622 g/mol. The van der Waals surface area contributed by atoms with Crippen molar-refractivity contribution in [1.29, 1.82) is 0 Å². The molecule has 0 aliphatic carbocycles. The maximum absolute atomic E-state index is 13.6. The van der Waals surface area contributed by atoms with Crippen molar-refractivity contribution in [2.75, 3.05) is 30.4 Å². The van der Waals surface area contributed by atoms with Crippen LogP contribution < -0.4 is 24.2 Å². The van der Waals surface area contributed by atoms with Crippen LogP contribution in [0.5, 0.6) is 23.1 Å². The van der Waals surface area contributed by atoms with Crippen molar-refractivity contribution in [2.45, 2.75) is 37.7 Å². The Morgan fingerprint density at radius 2 is 1.64 bits per heavy atom. The van der Waals surface area contributed by atoms with Crippen molar-refractivity contribution < 1.29 is 37.6 Å². The van der Waals surface area contributed by atoms with Gasteiger partial charge in [-0.3, -0.25) is 9.52 Å². The first kappa shape index (κ1) is 32.2. The molecule has 0 aliphatic rings. The van der Waals surface area contributed by atoms with Gasteiger partial charge in [0, 0.05) is 11.8 Å². The molecule has 4 N–H and O–H groups in total. The lowest BCUT2D eigenvalue weighted by Gasteiger charge is -2.20. The average molecular weight is 623 g/mol. The quantitative estimate of drug-likeness (QED) is 0.177. The number of methoxy groups -OCH3 is 1. The Morgan fingerprint density at radius 3 is 2.30 bits per heavy atom. The van der Waals surface area contributed by atoms with Gasteiger partial charge in [0.15, 0.2) is 5.82 Å². The summed E-state index contributed by atoms with van der Waals surface area (Å²) in [5.41, 5.74) is 1.65. The highest BCUT2D eigenvalue weighted by Crippen LogP contribution is 2.38. The topological polar surface area (TPSA) is 169 Å². The van der Waals surface area contributed by atoms with Crippen molar-refractivity contribution in [3.05, 3.63) is 89.7 Å². The Morgan fingerprint density at radius 1 is 0.932 bits per heavy atom. The Bertz CT molecular complexity index is 1720. The number of nitrogens with zero attached hydrogens (tertiary/aromatic N) is 2. The molecular weight excluding hydrogens is 588 g/mol. The molecule has 0 atom stereocenters. The van der Waals surface area contributed by atoms with E-state index in [4.69, 9.17) is 14.2 Å². The van der Waals surface area contributed by atoms with E-state index >= 15 is 0 Å². The lowest BCUT2D eigenvalue weighted by atomic mass is 9.87. The van der Waals surface area contributed by atoms with Crippen molar-refractivity contribution in [3.8, 4) is 23.1 Å². The van der Waals surface area contributed by atoms with E-state index in [2.05, 4.69) is 20.0 Å². The van der Waals surface area contributed by atoms with Gasteiger partial charge in [0.1, 0.15) is 18.1 Å². The molecule has 1 amide bonds. The second kappa shape index (κ2) is 13.7. The number of anilines is 2. The molecule has 13 heteroatoms. The smallest absolute Gasteiger partial charge is 0.293 e. The molecule has 4 aromatic rings. The highest BCUT2D eigenvalue weighted by molar-refractivity contribution is 7.92. The van der Waals surface area contributed by atoms with Crippen LogP contribution in [0.25, 0.3) is 0 Å². The Kier molecular flexibility index (Phi) is 10.0. The van der Waals surface area contributed by atoms with Crippen LogP contribution in [-0.4, -0.2) is 54.8 Å². The molecule has 0 bridgehead atoms. The molecule has 0 saturated carbocycles. The number of hydrogen-bond donors (Lipinski definition) is 4. The fraction of sp³-hybridized carbons (Fsp3) is 0.258. The van der Waals surface area contributed by atoms with Crippen molar-refractivity contribution in [2.24, 2.45) is 0 Å². The van der Waals surface area contributed by atoms with E-state index in [1.165, 1.54) is 19.2 Å². The second-order valence-electron chi connectivity index (χ2n) is 10.6. The highest BCUT2D eigenvalue weighted by atomic mass is 32.2. The van der Waals surface area contributed by atoms with Crippen LogP contribution in [0.1, 0.15) is 42.5 Å². The first-order valence-electron chi connectivity index (χ1n) is 13.6. The number of ether oxygens (including phenoxy) is 3. The fourth-order valence-electron chi connectivity index (χ4n) is 3.97. The number of carbonyl (C=O) groups excluding carboxylic acids is 1. The number of aliphatic hydroxyl groups is 2. The van der Waals surface area contributed by atoms with E-state index in [-0.39, 0.29) is 46.7 Å². The largest absolute Gasteiger partial charge is 0.497 e. The summed E-state index contributed by atoms with van der Waals surface area (Å²) >= 11 is 0. The van der Waals surface area contributed by atoms with Crippen molar-refractivity contribution in [3.63, 3.8) is 0 Å². The molecule has 44 heavy (non-hydrogen) atoms. The van der Waals surface area contributed by atoms with E-state index < -0.39 is 28.4 Å². The zero-order valence-electron chi connectivity index (χ0n) is 24.7. The highest BCUT2D eigenvalue weighted by Gasteiger charge is 2.27. The van der Waals surface area contributed by atoms with E-state index in [1.807, 2.05) is 20.8 Å². The van der Waals surface area contributed by atoms with Crippen LogP contribution in [0.3, 0.4) is 0 Å². The normalized spacial score (nSPS) is 11.5. The van der Waals surface area contributed by atoms with E-state index in [9.17, 15) is 23.4 Å². The molecule has 0 saturated heterocycles. The molecule has 0 aliphatic heterocycles. The third-order valence-corrected chi connectivity index (χ3v) is 7.61. The number of nitrogens with one attached hydrogen (secondary N) is 2. The molecule has 4 rings (SSSR count). The third-order valence-electron chi connectivity index (χ3n) is 6.26. The Balaban J connectivity index is 1.81. The SMILES string of the molecule is COc1cccc(Oc2c(NS(=O)(=O)c3ccc(C(C)(C)C)cc3)nc(C(=O)Nc3cccc(CO)c3)nc2OCCO)c1. The minimum Gasteiger partial charge on any atom is -0.497 e. The molecule has 12 nitrogen and oxygen atoms in total. The molecule has 232 valence electrons. The van der Waals surface area contributed by atoms with Gasteiger partial charge in [-0.25, -0.2) is 13.4 Å². The van der Waals surface area contributed by atoms with Crippen molar-refractivity contribution >= 4 is 27.4 Å². The summed E-state index contributed by atoms with van der Waals surface area (Å²) in [5.74, 6) is -1.49. The number of rotatable bonds is 12. The van der Waals surface area contributed by atoms with Gasteiger partial charge in [0.2, 0.25) is 11.6 Å². The number of sulfonamides is 1. The lowest BCUT2D eigenvalue weighted by molar-refractivity contribution is 0.101. The third kappa shape index (κ3) is 8.01. The van der Waals surface area contributed by atoms with Crippen LogP contribution in [0.15, 0.2) is 77.7 Å². The van der Waals surface area contributed by atoms with Gasteiger partial charge in [-0.2, -0.15) is 4.98 Å². The minimum atomic E-state index is -4.26. The van der Waals surface area contributed by atoms with Crippen LogP contribution >= 0.6 is 0 Å². The lowest BCUT2D eigenvalue weighted by Crippen LogP contribution is -2.21. The van der Waals surface area contributed by atoms with Gasteiger partial charge in [0.05, 0.1) is 25.2 Å². The van der Waals surface area contributed by atoms with Gasteiger partial charge < -0.3 is 29.7 Å². The average Bonchev–Trinajstić information content (AvgIpc) is 3.00. The zero-order valence-corrected chi connectivity index (χ0v) is 25.5. The summed E-state index contributed by atoms with van der Waals surface area (Å²) in [4.78, 5) is 21.6. The van der Waals surface area contributed by atoms with Crippen molar-refractivity contribution in [1.82, 2.24) is 9.97 Å². The summed E-state index contributed by atoms with van der Waals surface area (Å²) in [6.07, 6.45) is 0. The summed E-state index contributed by atoms with van der Waals surface area (Å²) < 4.78 is 46.5. The van der Waals surface area contributed by atoms with Gasteiger partial charge in [-0.15, -0.1) is 0 Å². The first-order valence-corrected chi connectivity index (χ1v) is 15.0. The van der Waals surface area contributed by atoms with Crippen LogP contribution in [0, 0.1) is 0 Å². The van der Waals surface area contributed by atoms with Gasteiger partial charge >= 0.3 is 0 Å². The maximum Gasteiger partial charge on any atom is 0.293 e. The summed E-state index contributed by atoms with van der Waals surface area (Å²) in [5, 5.41) is 21.5. The van der Waals surface area contributed by atoms with E-state index in [0.29, 0.717) is 17.0 Å². The summed E-state index contributed by atoms with van der Waals surface area (Å²) in [6, 6.07) is 19.4. The fourth-order valence-corrected chi connectivity index (χ4v) is 4.98. The predicted molar refractivity (Wildman–Crippen MR) is 164 cm³/mol. The molecule has 0 fully saturated rings. The molecule has 1 heterocycles. The number of aliphatic hydroxyl groups excluding tert-OH is 2. The maximum atomic E-state index is 13.6. The number of benzene rings is 3. The van der Waals surface area contributed by atoms with E-state index in [0.717, 1.165) is 5.56 Å². The second-order valence-corrected chi connectivity index (χ2v) is 12.3. The minimum absolute atomic E-state index is 0.0545. The Labute approximate surface area is 255 Å². The molecular formula is C31H34N4O8S. The number of hydrogen-bond acceptors (Lipinski definition) is 10. The Hall–Kier alpha value is -4.72. The molecule has 3 aromatic carbocycles. The molecule has 0 radical (unpaired) electrons. The zero-order chi connectivity index (χ0) is 31.9. The number of aromatic nitrogens is 2. The molecule has 0 unspecified atom stereocenters. The van der Waals surface area contributed by atoms with Crippen LogP contribution in [0.4, 0.5) is 11.5 Å². The number of carbonyl (C=O) groups is 1.